The molecule has 3 aliphatic rings. The van der Waals surface area contributed by atoms with Gasteiger partial charge >= 0.3 is 0 Å². The molecule has 2 aromatic heterocycles. The van der Waals surface area contributed by atoms with Crippen LogP contribution in [0.3, 0.4) is 0 Å². The summed E-state index contributed by atoms with van der Waals surface area (Å²) in [7, 11) is 1.78. The Labute approximate surface area is 203 Å². The van der Waals surface area contributed by atoms with E-state index in [1.54, 1.807) is 23.0 Å². The van der Waals surface area contributed by atoms with Gasteiger partial charge in [-0.25, -0.2) is 4.98 Å². The highest BCUT2D eigenvalue weighted by Crippen LogP contribution is 2.35. The Balaban J connectivity index is 1.25. The van der Waals surface area contributed by atoms with Crippen molar-refractivity contribution in [1.29, 1.82) is 0 Å². The molecule has 180 valence electrons. The normalized spacial score (nSPS) is 21.1. The molecule has 0 radical (unpaired) electrons. The highest BCUT2D eigenvalue weighted by atomic mass is 32.2. The second-order valence-corrected chi connectivity index (χ2v) is 11.6. The molecule has 2 fully saturated rings. The van der Waals surface area contributed by atoms with E-state index in [9.17, 15) is 9.59 Å². The zero-order valence-corrected chi connectivity index (χ0v) is 21.1. The first-order valence-corrected chi connectivity index (χ1v) is 14.1. The van der Waals surface area contributed by atoms with Gasteiger partial charge in [0.05, 0.1) is 24.4 Å². The van der Waals surface area contributed by atoms with Crippen molar-refractivity contribution in [2.24, 2.45) is 7.05 Å². The summed E-state index contributed by atoms with van der Waals surface area (Å²) < 4.78 is 7.18. The van der Waals surface area contributed by atoms with Gasteiger partial charge < -0.3 is 10.1 Å². The molecular formula is C24H34N4O3S2. The number of hydrogen-bond acceptors (Lipinski definition) is 7. The Morgan fingerprint density at radius 3 is 2.70 bits per heavy atom. The van der Waals surface area contributed by atoms with Crippen LogP contribution in [0.2, 0.25) is 0 Å². The summed E-state index contributed by atoms with van der Waals surface area (Å²) in [4.78, 5) is 35.4. The van der Waals surface area contributed by atoms with E-state index in [1.165, 1.54) is 47.9 Å². The lowest BCUT2D eigenvalue weighted by Gasteiger charge is -2.48. The molecule has 3 heterocycles. The zero-order valence-electron chi connectivity index (χ0n) is 19.5. The van der Waals surface area contributed by atoms with E-state index in [1.807, 2.05) is 0 Å². The molecule has 2 aromatic rings. The van der Waals surface area contributed by atoms with Crippen LogP contribution in [0.15, 0.2) is 9.95 Å². The third kappa shape index (κ3) is 4.74. The fraction of sp³-hybridized carbons (Fsp3) is 0.708. The number of carbonyl (C=O) groups excluding carboxylic acids is 1. The average Bonchev–Trinajstić information content (AvgIpc) is 3.23. The minimum absolute atomic E-state index is 0.0121. The van der Waals surface area contributed by atoms with Gasteiger partial charge in [0.25, 0.3) is 5.56 Å². The number of nitrogens with zero attached hydrogens (tertiary/aromatic N) is 3. The van der Waals surface area contributed by atoms with Crippen LogP contribution in [-0.4, -0.2) is 64.5 Å². The van der Waals surface area contributed by atoms with Gasteiger partial charge in [0.2, 0.25) is 5.91 Å². The van der Waals surface area contributed by atoms with E-state index < -0.39 is 0 Å². The number of aromatic nitrogens is 2. The molecule has 0 bridgehead atoms. The Hall–Kier alpha value is -1.42. The summed E-state index contributed by atoms with van der Waals surface area (Å²) in [6, 6.07) is 0. The summed E-state index contributed by atoms with van der Waals surface area (Å²) >= 11 is 3.03. The van der Waals surface area contributed by atoms with Crippen LogP contribution in [0.25, 0.3) is 10.2 Å². The number of hydrogen-bond donors (Lipinski definition) is 1. The molecule has 33 heavy (non-hydrogen) atoms. The number of thioether (sulfide) groups is 1. The number of fused-ring (bicyclic) bond motifs is 3. The SMILES string of the molecule is Cn1c(SCC(=O)NCC2(N3CCOCC3)CCCCC2)nc2sc3c(c2c1=O)CCCC3. The van der Waals surface area contributed by atoms with E-state index in [0.29, 0.717) is 11.7 Å². The summed E-state index contributed by atoms with van der Waals surface area (Å²) in [6.45, 7) is 4.14. The summed E-state index contributed by atoms with van der Waals surface area (Å²) in [6.07, 6.45) is 10.4. The average molecular weight is 491 g/mol. The molecule has 1 amide bonds. The van der Waals surface area contributed by atoms with Gasteiger partial charge in [-0.05, 0) is 44.1 Å². The molecular weight excluding hydrogens is 456 g/mol. The minimum atomic E-state index is 0.0121. The predicted molar refractivity (Wildman–Crippen MR) is 133 cm³/mol. The summed E-state index contributed by atoms with van der Waals surface area (Å²) in [5, 5.41) is 4.65. The molecule has 9 heteroatoms. The van der Waals surface area contributed by atoms with Crippen molar-refractivity contribution in [1.82, 2.24) is 19.8 Å². The third-order valence-corrected chi connectivity index (χ3v) is 9.78. The van der Waals surface area contributed by atoms with Crippen molar-refractivity contribution in [2.75, 3.05) is 38.6 Å². The predicted octanol–water partition coefficient (Wildman–Crippen LogP) is 3.12. The van der Waals surface area contributed by atoms with Crippen LogP contribution in [0, 0.1) is 0 Å². The number of thiophene rings is 1. The largest absolute Gasteiger partial charge is 0.379 e. The molecule has 7 nitrogen and oxygen atoms in total. The lowest BCUT2D eigenvalue weighted by atomic mass is 9.79. The van der Waals surface area contributed by atoms with Gasteiger partial charge in [-0.15, -0.1) is 11.3 Å². The van der Waals surface area contributed by atoms with Crippen molar-refractivity contribution < 1.29 is 9.53 Å². The Morgan fingerprint density at radius 1 is 1.15 bits per heavy atom. The lowest BCUT2D eigenvalue weighted by Crippen LogP contribution is -2.59. The fourth-order valence-electron chi connectivity index (χ4n) is 5.69. The van der Waals surface area contributed by atoms with Crippen molar-refractivity contribution >= 4 is 39.2 Å². The van der Waals surface area contributed by atoms with Crippen molar-refractivity contribution in [2.45, 2.75) is 68.5 Å². The van der Waals surface area contributed by atoms with Crippen molar-refractivity contribution in [3.8, 4) is 0 Å². The van der Waals surface area contributed by atoms with Gasteiger partial charge in [-0.3, -0.25) is 19.1 Å². The first kappa shape index (κ1) is 23.3. The first-order valence-electron chi connectivity index (χ1n) is 12.3. The lowest BCUT2D eigenvalue weighted by molar-refractivity contribution is -0.119. The molecule has 1 saturated heterocycles. The molecule has 1 saturated carbocycles. The highest BCUT2D eigenvalue weighted by Gasteiger charge is 2.38. The minimum Gasteiger partial charge on any atom is -0.379 e. The number of rotatable bonds is 6. The van der Waals surface area contributed by atoms with E-state index in [-0.39, 0.29) is 22.8 Å². The third-order valence-electron chi connectivity index (χ3n) is 7.57. The van der Waals surface area contributed by atoms with Gasteiger partial charge in [0.15, 0.2) is 5.16 Å². The molecule has 1 N–H and O–H groups in total. The maximum absolute atomic E-state index is 13.1. The van der Waals surface area contributed by atoms with E-state index >= 15 is 0 Å². The Morgan fingerprint density at radius 2 is 1.91 bits per heavy atom. The van der Waals surface area contributed by atoms with Gasteiger partial charge in [0, 0.05) is 37.1 Å². The maximum atomic E-state index is 13.1. The van der Waals surface area contributed by atoms with Crippen LogP contribution >= 0.6 is 23.1 Å². The quantitative estimate of drug-likeness (QED) is 0.495. The van der Waals surface area contributed by atoms with Crippen LogP contribution < -0.4 is 10.9 Å². The monoisotopic (exact) mass is 490 g/mol. The van der Waals surface area contributed by atoms with E-state index in [2.05, 4.69) is 10.2 Å². The second-order valence-electron chi connectivity index (χ2n) is 9.60. The molecule has 0 spiro atoms. The number of carbonyl (C=O) groups is 1. The molecule has 1 aliphatic heterocycles. The van der Waals surface area contributed by atoms with Crippen LogP contribution in [-0.2, 0) is 29.4 Å². The molecule has 2 aliphatic carbocycles. The number of morpholine rings is 1. The molecule has 0 aromatic carbocycles. The molecule has 0 unspecified atom stereocenters. The highest BCUT2D eigenvalue weighted by molar-refractivity contribution is 7.99. The number of amides is 1. The number of aryl methyl sites for hydroxylation is 2. The smallest absolute Gasteiger partial charge is 0.262 e. The first-order chi connectivity index (χ1) is 16.1. The van der Waals surface area contributed by atoms with Crippen LogP contribution in [0.1, 0.15) is 55.4 Å². The Kier molecular flexibility index (Phi) is 7.11. The number of nitrogens with one attached hydrogen (secondary N) is 1. The molecule has 0 atom stereocenters. The van der Waals surface area contributed by atoms with Gasteiger partial charge in [-0.1, -0.05) is 31.0 Å². The zero-order chi connectivity index (χ0) is 22.8. The van der Waals surface area contributed by atoms with Gasteiger partial charge in [-0.2, -0.15) is 0 Å². The van der Waals surface area contributed by atoms with E-state index in [0.717, 1.165) is 68.6 Å². The summed E-state index contributed by atoms with van der Waals surface area (Å²) in [5.74, 6) is 0.286. The van der Waals surface area contributed by atoms with Crippen molar-refractivity contribution in [3.05, 3.63) is 20.8 Å². The topological polar surface area (TPSA) is 76.5 Å². The second kappa shape index (κ2) is 10.1. The number of ether oxygens (including phenoxy) is 1. The Bertz CT molecular complexity index is 1070. The van der Waals surface area contributed by atoms with Crippen LogP contribution in [0.5, 0.6) is 0 Å². The summed E-state index contributed by atoms with van der Waals surface area (Å²) in [5.41, 5.74) is 1.29. The maximum Gasteiger partial charge on any atom is 0.262 e. The molecule has 5 rings (SSSR count). The van der Waals surface area contributed by atoms with Gasteiger partial charge in [0.1, 0.15) is 4.83 Å². The standard InChI is InChI=1S/C24H34N4O3S2/c1-27-22(30)20-17-7-3-4-8-18(17)33-21(20)26-23(27)32-15-19(29)25-16-24(9-5-2-6-10-24)28-11-13-31-14-12-28/h2-16H2,1H3,(H,25,29). The fourth-order valence-corrected chi connectivity index (χ4v) is 7.80. The van der Waals surface area contributed by atoms with Crippen molar-refractivity contribution in [3.63, 3.8) is 0 Å². The van der Waals surface area contributed by atoms with E-state index in [4.69, 9.17) is 9.72 Å². The van der Waals surface area contributed by atoms with Crippen LogP contribution in [0.4, 0.5) is 0 Å².